The van der Waals surface area contributed by atoms with Gasteiger partial charge in [0.05, 0.1) is 6.54 Å². The van der Waals surface area contributed by atoms with E-state index in [2.05, 4.69) is 30.3 Å². The Kier molecular flexibility index (Phi) is 2.88. The van der Waals surface area contributed by atoms with Crippen molar-refractivity contribution in [3.8, 4) is 0 Å². The number of nitrogens with one attached hydrogen (secondary N) is 3. The van der Waals surface area contributed by atoms with Gasteiger partial charge in [-0.25, -0.2) is 13.1 Å². The van der Waals surface area contributed by atoms with E-state index >= 15 is 0 Å². The van der Waals surface area contributed by atoms with E-state index in [-0.39, 0.29) is 17.3 Å². The van der Waals surface area contributed by atoms with Crippen molar-refractivity contribution in [3.05, 3.63) is 30.2 Å². The highest BCUT2D eigenvalue weighted by Gasteiger charge is 2.19. The molecule has 0 bridgehead atoms. The van der Waals surface area contributed by atoms with E-state index in [1.54, 1.807) is 18.2 Å². The highest BCUT2D eigenvalue weighted by molar-refractivity contribution is 7.89. The van der Waals surface area contributed by atoms with Crippen molar-refractivity contribution in [2.24, 2.45) is 0 Å². The Morgan fingerprint density at radius 2 is 2.20 bits per heavy atom. The predicted octanol–water partition coefficient (Wildman–Crippen LogP) is -0.258. The molecule has 3 aromatic rings. The van der Waals surface area contributed by atoms with Crippen molar-refractivity contribution in [3.63, 3.8) is 0 Å². The SMILES string of the molecule is Nc1ccc2[nH]cc(S(=O)(=O)NCc3nn[nH]n3)c2c1. The van der Waals surface area contributed by atoms with Crippen LogP contribution in [0, 0.1) is 0 Å². The number of tetrazole rings is 1. The minimum atomic E-state index is -3.69. The molecule has 10 heteroatoms. The topological polar surface area (TPSA) is 142 Å². The standard InChI is InChI=1S/C10H11N7O2S/c11-6-1-2-8-7(3-6)9(4-12-8)20(18,19)13-5-10-14-16-17-15-10/h1-4,12-13H,5,11H2,(H,14,15,16,17). The number of hydrogen-bond acceptors (Lipinski definition) is 6. The van der Waals surface area contributed by atoms with Gasteiger partial charge in [-0.05, 0) is 18.2 Å². The molecule has 3 rings (SSSR count). The van der Waals surface area contributed by atoms with Crippen molar-refractivity contribution in [1.29, 1.82) is 0 Å². The largest absolute Gasteiger partial charge is 0.399 e. The number of fused-ring (bicyclic) bond motifs is 1. The summed E-state index contributed by atoms with van der Waals surface area (Å²) in [4.78, 5) is 3.02. The molecule has 0 aliphatic heterocycles. The van der Waals surface area contributed by atoms with E-state index < -0.39 is 10.0 Å². The molecule has 0 atom stereocenters. The maximum absolute atomic E-state index is 12.3. The van der Waals surface area contributed by atoms with E-state index in [0.29, 0.717) is 16.6 Å². The summed E-state index contributed by atoms with van der Waals surface area (Å²) in [5.74, 6) is 0.257. The molecule has 0 amide bonds. The number of anilines is 1. The molecule has 0 spiro atoms. The van der Waals surface area contributed by atoms with Crippen LogP contribution in [0.5, 0.6) is 0 Å². The van der Waals surface area contributed by atoms with Gasteiger partial charge in [-0.1, -0.05) is 5.21 Å². The maximum atomic E-state index is 12.3. The van der Waals surface area contributed by atoms with E-state index in [1.807, 2.05) is 0 Å². The minimum absolute atomic E-state index is 0.0478. The van der Waals surface area contributed by atoms with E-state index in [0.717, 1.165) is 0 Å². The van der Waals surface area contributed by atoms with Gasteiger partial charge in [0.1, 0.15) is 4.90 Å². The van der Waals surface area contributed by atoms with Gasteiger partial charge in [0.25, 0.3) is 0 Å². The Bertz CT molecular complexity index is 838. The zero-order chi connectivity index (χ0) is 14.2. The maximum Gasteiger partial charge on any atom is 0.243 e. The molecule has 0 aliphatic rings. The van der Waals surface area contributed by atoms with Crippen LogP contribution in [0.1, 0.15) is 5.82 Å². The summed E-state index contributed by atoms with van der Waals surface area (Å²) in [6.07, 6.45) is 1.42. The van der Waals surface area contributed by atoms with Crippen LogP contribution in [0.3, 0.4) is 0 Å². The molecule has 2 heterocycles. The van der Waals surface area contributed by atoms with Gasteiger partial charge in [0, 0.05) is 22.8 Å². The summed E-state index contributed by atoms with van der Waals surface area (Å²) in [6, 6.07) is 5.03. The van der Waals surface area contributed by atoms with Crippen LogP contribution in [0.2, 0.25) is 0 Å². The zero-order valence-electron chi connectivity index (χ0n) is 10.2. The Labute approximate surface area is 113 Å². The highest BCUT2D eigenvalue weighted by atomic mass is 32.2. The van der Waals surface area contributed by atoms with Gasteiger partial charge < -0.3 is 10.7 Å². The summed E-state index contributed by atoms with van der Waals surface area (Å²) >= 11 is 0. The molecule has 0 saturated heterocycles. The first-order valence-corrected chi connectivity index (χ1v) is 7.13. The lowest BCUT2D eigenvalue weighted by Gasteiger charge is -2.03. The third-order valence-electron chi connectivity index (χ3n) is 2.77. The Morgan fingerprint density at radius 3 is 2.95 bits per heavy atom. The summed E-state index contributed by atoms with van der Waals surface area (Å²) in [5.41, 5.74) is 6.87. The molecule has 0 saturated carbocycles. The number of aromatic amines is 2. The van der Waals surface area contributed by atoms with Gasteiger partial charge >= 0.3 is 0 Å². The number of aromatic nitrogens is 5. The molecule has 1 aromatic carbocycles. The number of nitrogens with zero attached hydrogens (tertiary/aromatic N) is 3. The lowest BCUT2D eigenvalue weighted by Crippen LogP contribution is -2.23. The molecule has 0 radical (unpaired) electrons. The molecular formula is C10H11N7O2S. The molecule has 0 unspecified atom stereocenters. The van der Waals surface area contributed by atoms with Crippen LogP contribution >= 0.6 is 0 Å². The molecule has 9 nitrogen and oxygen atoms in total. The third-order valence-corrected chi connectivity index (χ3v) is 4.21. The first-order chi connectivity index (χ1) is 9.56. The van der Waals surface area contributed by atoms with Crippen LogP contribution in [0.4, 0.5) is 5.69 Å². The average Bonchev–Trinajstić information content (AvgIpc) is 3.05. The molecule has 20 heavy (non-hydrogen) atoms. The van der Waals surface area contributed by atoms with Crippen molar-refractivity contribution < 1.29 is 8.42 Å². The zero-order valence-corrected chi connectivity index (χ0v) is 11.0. The summed E-state index contributed by atoms with van der Waals surface area (Å²) in [7, 11) is -3.69. The average molecular weight is 293 g/mol. The van der Waals surface area contributed by atoms with Gasteiger partial charge in [-0.3, -0.25) is 0 Å². The van der Waals surface area contributed by atoms with Crippen molar-refractivity contribution in [2.75, 3.05) is 5.73 Å². The van der Waals surface area contributed by atoms with Crippen molar-refractivity contribution in [2.45, 2.75) is 11.4 Å². The number of benzene rings is 1. The number of H-pyrrole nitrogens is 2. The lowest BCUT2D eigenvalue weighted by atomic mass is 10.2. The Balaban J connectivity index is 1.94. The van der Waals surface area contributed by atoms with Gasteiger partial charge in [0.2, 0.25) is 10.0 Å². The molecule has 2 aromatic heterocycles. The summed E-state index contributed by atoms with van der Waals surface area (Å²) in [5, 5.41) is 13.5. The van der Waals surface area contributed by atoms with Gasteiger partial charge in [-0.2, -0.15) is 5.21 Å². The second-order valence-corrected chi connectivity index (χ2v) is 5.85. The highest BCUT2D eigenvalue weighted by Crippen LogP contribution is 2.24. The van der Waals surface area contributed by atoms with Crippen molar-refractivity contribution in [1.82, 2.24) is 30.3 Å². The molecule has 5 N–H and O–H groups in total. The van der Waals surface area contributed by atoms with E-state index in [4.69, 9.17) is 5.73 Å². The van der Waals surface area contributed by atoms with Crippen LogP contribution < -0.4 is 10.5 Å². The van der Waals surface area contributed by atoms with Crippen LogP contribution in [-0.4, -0.2) is 34.0 Å². The van der Waals surface area contributed by atoms with E-state index in [1.165, 1.54) is 6.20 Å². The van der Waals surface area contributed by atoms with Crippen molar-refractivity contribution >= 4 is 26.6 Å². The second-order valence-electron chi connectivity index (χ2n) is 4.11. The molecule has 0 aliphatic carbocycles. The van der Waals surface area contributed by atoms with E-state index in [9.17, 15) is 8.42 Å². The molecule has 104 valence electrons. The normalized spacial score (nSPS) is 12.0. The lowest BCUT2D eigenvalue weighted by molar-refractivity contribution is 0.580. The number of nitrogen functional groups attached to an aromatic ring is 1. The monoisotopic (exact) mass is 293 g/mol. The molecular weight excluding hydrogens is 282 g/mol. The fourth-order valence-electron chi connectivity index (χ4n) is 1.83. The van der Waals surface area contributed by atoms with Crippen LogP contribution in [0.25, 0.3) is 10.9 Å². The quantitative estimate of drug-likeness (QED) is 0.488. The first-order valence-electron chi connectivity index (χ1n) is 5.65. The summed E-state index contributed by atoms with van der Waals surface area (Å²) < 4.78 is 26.9. The minimum Gasteiger partial charge on any atom is -0.399 e. The summed E-state index contributed by atoms with van der Waals surface area (Å²) in [6.45, 7) is -0.0478. The van der Waals surface area contributed by atoms with Gasteiger partial charge in [0.15, 0.2) is 5.82 Å². The number of rotatable bonds is 4. The third kappa shape index (κ3) is 2.21. The fraction of sp³-hybridized carbons (Fsp3) is 0.100. The number of sulfonamides is 1. The number of nitrogens with two attached hydrogens (primary N) is 1. The van der Waals surface area contributed by atoms with Crippen LogP contribution in [0.15, 0.2) is 29.3 Å². The fourth-order valence-corrected chi connectivity index (χ4v) is 2.98. The Morgan fingerprint density at radius 1 is 1.35 bits per heavy atom. The van der Waals surface area contributed by atoms with Gasteiger partial charge in [-0.15, -0.1) is 10.2 Å². The predicted molar refractivity (Wildman–Crippen MR) is 70.9 cm³/mol. The Hall–Kier alpha value is -2.46. The smallest absolute Gasteiger partial charge is 0.243 e. The first kappa shape index (κ1) is 12.6. The number of hydrogen-bond donors (Lipinski definition) is 4. The van der Waals surface area contributed by atoms with Crippen LogP contribution in [-0.2, 0) is 16.6 Å². The molecule has 0 fully saturated rings. The second kappa shape index (κ2) is 4.58.